The van der Waals surface area contributed by atoms with Crippen LogP contribution in [0.5, 0.6) is 0 Å². The molecule has 1 aromatic heterocycles. The van der Waals surface area contributed by atoms with E-state index in [9.17, 15) is 13.2 Å². The zero-order valence-electron chi connectivity index (χ0n) is 14.1. The molecule has 1 amide bonds. The predicted octanol–water partition coefficient (Wildman–Crippen LogP) is 2.75. The minimum atomic E-state index is -3.50. The van der Waals surface area contributed by atoms with Crippen molar-refractivity contribution in [2.45, 2.75) is 51.5 Å². The first kappa shape index (κ1) is 15.0. The van der Waals surface area contributed by atoms with E-state index in [1.165, 1.54) is 4.31 Å². The summed E-state index contributed by atoms with van der Waals surface area (Å²) in [5, 5.41) is 0. The second kappa shape index (κ2) is 4.26. The molecule has 0 radical (unpaired) electrons. The average molecular weight is 349 g/mol. The Morgan fingerprint density at radius 3 is 2.79 bits per heavy atom. The van der Waals surface area contributed by atoms with Crippen LogP contribution in [0.25, 0.3) is 0 Å². The summed E-state index contributed by atoms with van der Waals surface area (Å²) in [7, 11) is -3.50. The standard InChI is InChI=1S/C18H23NO4S/c1-17(2)11-5-6-18(17)10-24(21,22)19(15(18)8-11)16(20)13-9-12(13)14-4-3-7-23-14/h3-4,7,11-13,15H,5-6,8-10H2,1-2H3/t11-,12?,13?,15-,18-/m1/s1. The van der Waals surface area contributed by atoms with E-state index in [2.05, 4.69) is 13.8 Å². The summed E-state index contributed by atoms with van der Waals surface area (Å²) in [6, 6.07) is 3.56. The van der Waals surface area contributed by atoms with Crippen molar-refractivity contribution >= 4 is 15.9 Å². The van der Waals surface area contributed by atoms with Crippen LogP contribution in [0.4, 0.5) is 0 Å². The van der Waals surface area contributed by atoms with E-state index in [-0.39, 0.29) is 40.4 Å². The molecule has 0 N–H and O–H groups in total. The molecule has 4 fully saturated rings. The van der Waals surface area contributed by atoms with Crippen LogP contribution in [0.2, 0.25) is 0 Å². The van der Waals surface area contributed by atoms with Gasteiger partial charge in [-0.05, 0) is 49.1 Å². The summed E-state index contributed by atoms with van der Waals surface area (Å²) in [6.07, 6.45) is 5.18. The fourth-order valence-electron chi connectivity index (χ4n) is 6.03. The van der Waals surface area contributed by atoms with Crippen molar-refractivity contribution in [3.63, 3.8) is 0 Å². The van der Waals surface area contributed by atoms with Crippen LogP contribution >= 0.6 is 0 Å². The lowest BCUT2D eigenvalue weighted by atomic mass is 9.69. The maximum atomic E-state index is 13.1. The quantitative estimate of drug-likeness (QED) is 0.823. The molecule has 3 saturated carbocycles. The summed E-state index contributed by atoms with van der Waals surface area (Å²) in [5.41, 5.74) is -0.231. The molecule has 2 heterocycles. The van der Waals surface area contributed by atoms with Crippen molar-refractivity contribution in [1.82, 2.24) is 4.31 Å². The molecule has 0 aromatic carbocycles. The largest absolute Gasteiger partial charge is 0.469 e. The predicted molar refractivity (Wildman–Crippen MR) is 87.5 cm³/mol. The molecule has 1 aliphatic heterocycles. The highest BCUT2D eigenvalue weighted by molar-refractivity contribution is 7.90. The fourth-order valence-corrected chi connectivity index (χ4v) is 8.61. The minimum absolute atomic E-state index is 0.00370. The van der Waals surface area contributed by atoms with Gasteiger partial charge in [-0.1, -0.05) is 13.8 Å². The number of fused-ring (bicyclic) bond motifs is 1. The average Bonchev–Trinajstić information content (AvgIpc) is 2.83. The fraction of sp³-hybridized carbons (Fsp3) is 0.722. The molecule has 2 unspecified atom stereocenters. The smallest absolute Gasteiger partial charge is 0.240 e. The third-order valence-electron chi connectivity index (χ3n) is 7.64. The van der Waals surface area contributed by atoms with Crippen molar-refractivity contribution in [3.8, 4) is 0 Å². The molecule has 130 valence electrons. The zero-order chi connectivity index (χ0) is 16.9. The Morgan fingerprint density at radius 2 is 2.12 bits per heavy atom. The van der Waals surface area contributed by atoms with Gasteiger partial charge in [0, 0.05) is 17.3 Å². The topological polar surface area (TPSA) is 67.6 Å². The molecule has 6 heteroatoms. The van der Waals surface area contributed by atoms with Crippen molar-refractivity contribution in [1.29, 1.82) is 0 Å². The van der Waals surface area contributed by atoms with Gasteiger partial charge in [0.1, 0.15) is 5.76 Å². The van der Waals surface area contributed by atoms with Crippen LogP contribution in [0.1, 0.15) is 51.2 Å². The highest BCUT2D eigenvalue weighted by Crippen LogP contribution is 2.70. The Kier molecular flexibility index (Phi) is 2.66. The molecule has 2 bridgehead atoms. The van der Waals surface area contributed by atoms with Crippen molar-refractivity contribution in [2.75, 3.05) is 5.75 Å². The third-order valence-corrected chi connectivity index (χ3v) is 9.56. The summed E-state index contributed by atoms with van der Waals surface area (Å²) >= 11 is 0. The number of furan rings is 1. The molecule has 1 saturated heterocycles. The molecule has 24 heavy (non-hydrogen) atoms. The van der Waals surface area contributed by atoms with E-state index in [0.29, 0.717) is 12.3 Å². The normalized spacial score (nSPS) is 43.8. The Morgan fingerprint density at radius 1 is 1.33 bits per heavy atom. The van der Waals surface area contributed by atoms with Crippen molar-refractivity contribution in [3.05, 3.63) is 24.2 Å². The number of nitrogens with zero attached hydrogens (tertiary/aromatic N) is 1. The van der Waals surface area contributed by atoms with Crippen LogP contribution < -0.4 is 0 Å². The number of rotatable bonds is 2. The lowest BCUT2D eigenvalue weighted by Gasteiger charge is -2.37. The Balaban J connectivity index is 1.48. The maximum absolute atomic E-state index is 13.1. The van der Waals surface area contributed by atoms with Gasteiger partial charge in [0.15, 0.2) is 0 Å². The molecule has 5 atom stereocenters. The third kappa shape index (κ3) is 1.61. The minimum Gasteiger partial charge on any atom is -0.469 e. The van der Waals surface area contributed by atoms with Gasteiger partial charge in [0.05, 0.1) is 18.1 Å². The maximum Gasteiger partial charge on any atom is 0.240 e. The highest BCUT2D eigenvalue weighted by Gasteiger charge is 2.73. The molecular formula is C18H23NO4S. The van der Waals surface area contributed by atoms with Crippen LogP contribution in [0.3, 0.4) is 0 Å². The summed E-state index contributed by atoms with van der Waals surface area (Å²) in [4.78, 5) is 13.1. The number of sulfonamides is 1. The van der Waals surface area contributed by atoms with Gasteiger partial charge in [-0.15, -0.1) is 0 Å². The van der Waals surface area contributed by atoms with Gasteiger partial charge in [0.2, 0.25) is 15.9 Å². The van der Waals surface area contributed by atoms with Gasteiger partial charge in [0.25, 0.3) is 0 Å². The zero-order valence-corrected chi connectivity index (χ0v) is 14.9. The summed E-state index contributed by atoms with van der Waals surface area (Å²) < 4.78 is 32.5. The number of hydrogen-bond donors (Lipinski definition) is 0. The van der Waals surface area contributed by atoms with Gasteiger partial charge >= 0.3 is 0 Å². The van der Waals surface area contributed by atoms with Crippen LogP contribution in [0, 0.1) is 22.7 Å². The van der Waals surface area contributed by atoms with Gasteiger partial charge in [-0.25, -0.2) is 12.7 Å². The van der Waals surface area contributed by atoms with E-state index in [0.717, 1.165) is 25.0 Å². The van der Waals surface area contributed by atoms with Gasteiger partial charge in [-0.3, -0.25) is 4.79 Å². The molecule has 3 aliphatic carbocycles. The number of carbonyl (C=O) groups is 1. The first-order valence-electron chi connectivity index (χ1n) is 8.87. The van der Waals surface area contributed by atoms with E-state index in [1.54, 1.807) is 6.26 Å². The lowest BCUT2D eigenvalue weighted by molar-refractivity contribution is -0.130. The molecular weight excluding hydrogens is 326 g/mol. The second-order valence-corrected chi connectivity index (χ2v) is 10.6. The Bertz CT molecular complexity index is 812. The monoisotopic (exact) mass is 349 g/mol. The molecule has 5 nitrogen and oxygen atoms in total. The van der Waals surface area contributed by atoms with Crippen molar-refractivity contribution < 1.29 is 17.6 Å². The number of hydrogen-bond acceptors (Lipinski definition) is 4. The lowest BCUT2D eigenvalue weighted by Crippen LogP contribution is -2.44. The van der Waals surface area contributed by atoms with Crippen LogP contribution in [0.15, 0.2) is 22.8 Å². The van der Waals surface area contributed by atoms with E-state index in [4.69, 9.17) is 4.42 Å². The SMILES string of the molecule is CC1(C)[C@@H]2CC[C@]13CS(=O)(=O)N(C(=O)C1CC1c1ccco1)[C@@H]3C2. The molecule has 1 aromatic rings. The second-order valence-electron chi connectivity index (χ2n) is 8.72. The molecule has 4 aliphatic rings. The van der Waals surface area contributed by atoms with E-state index >= 15 is 0 Å². The summed E-state index contributed by atoms with van der Waals surface area (Å²) in [6.45, 7) is 4.41. The molecule has 5 rings (SSSR count). The van der Waals surface area contributed by atoms with Gasteiger partial charge in [-0.2, -0.15) is 0 Å². The first-order chi connectivity index (χ1) is 11.3. The van der Waals surface area contributed by atoms with E-state index < -0.39 is 10.0 Å². The first-order valence-corrected chi connectivity index (χ1v) is 10.5. The number of amides is 1. The molecule has 1 spiro atoms. The highest BCUT2D eigenvalue weighted by atomic mass is 32.2. The van der Waals surface area contributed by atoms with E-state index in [1.807, 2.05) is 12.1 Å². The Labute approximate surface area is 142 Å². The number of carbonyl (C=O) groups excluding carboxylic acids is 1. The van der Waals surface area contributed by atoms with Crippen molar-refractivity contribution in [2.24, 2.45) is 22.7 Å². The van der Waals surface area contributed by atoms with Gasteiger partial charge < -0.3 is 4.42 Å². The Hall–Kier alpha value is -1.30. The summed E-state index contributed by atoms with van der Waals surface area (Å²) in [5.74, 6) is 1.11. The van der Waals surface area contributed by atoms with Crippen LogP contribution in [-0.4, -0.2) is 30.4 Å². The van der Waals surface area contributed by atoms with Crippen LogP contribution in [-0.2, 0) is 14.8 Å².